The molecule has 0 atom stereocenters. The van der Waals surface area contributed by atoms with Gasteiger partial charge in [0.1, 0.15) is 0 Å². The van der Waals surface area contributed by atoms with Gasteiger partial charge in [-0.15, -0.1) is 0 Å². The van der Waals surface area contributed by atoms with Crippen molar-refractivity contribution in [2.24, 2.45) is 0 Å². The lowest BCUT2D eigenvalue weighted by atomic mass is 9.98. The van der Waals surface area contributed by atoms with Crippen LogP contribution in [0.4, 0.5) is 0 Å². The number of hydrogen-bond acceptors (Lipinski definition) is 1. The fraction of sp³-hybridized carbons (Fsp3) is 0.500. The molecule has 2 heteroatoms. The number of rotatable bonds is 1. The number of nitrogens with zero attached hydrogens (tertiary/aromatic N) is 1. The van der Waals surface area contributed by atoms with Crippen LogP contribution in [0.25, 0.3) is 10.9 Å². The molecule has 0 saturated carbocycles. The maximum absolute atomic E-state index is 5.81. The number of fused-ring (bicyclic) bond motifs is 3. The van der Waals surface area contributed by atoms with Crippen LogP contribution in [0.5, 0.6) is 0 Å². The van der Waals surface area contributed by atoms with Gasteiger partial charge < -0.3 is 9.30 Å². The zero-order valence-corrected chi connectivity index (χ0v) is 11.7. The lowest BCUT2D eigenvalue weighted by Crippen LogP contribution is -2.37. The third-order valence-electron chi connectivity index (χ3n) is 3.89. The summed E-state index contributed by atoms with van der Waals surface area (Å²) in [5.74, 6) is 0.531. The first-order valence-corrected chi connectivity index (χ1v) is 6.73. The summed E-state index contributed by atoms with van der Waals surface area (Å²) < 4.78 is 8.30. The summed E-state index contributed by atoms with van der Waals surface area (Å²) in [5, 5.41) is 1.39. The normalized spacial score (nSPS) is 18.3. The van der Waals surface area contributed by atoms with Gasteiger partial charge in [-0.05, 0) is 31.4 Å². The van der Waals surface area contributed by atoms with Crippen LogP contribution in [0.1, 0.15) is 44.9 Å². The topological polar surface area (TPSA) is 14.2 Å². The van der Waals surface area contributed by atoms with Gasteiger partial charge in [0, 0.05) is 16.6 Å². The molecule has 1 aliphatic heterocycles. The predicted octanol–water partition coefficient (Wildman–Crippen LogP) is 4.03. The molecule has 1 aliphatic rings. The summed E-state index contributed by atoms with van der Waals surface area (Å²) in [4.78, 5) is 0. The second-order valence-electron chi connectivity index (χ2n) is 6.17. The van der Waals surface area contributed by atoms with Crippen LogP contribution in [0.3, 0.4) is 0 Å². The summed E-state index contributed by atoms with van der Waals surface area (Å²) >= 11 is 0. The van der Waals surface area contributed by atoms with Gasteiger partial charge in [-0.2, -0.15) is 0 Å². The monoisotopic (exact) mass is 243 g/mol. The standard InChI is InChI=1S/C16H21NO/c1-11(2)15-12-7-5-6-8-13(12)17-14(15)9-18-10-16(17,3)4/h5-8,11H,9-10H2,1-4H3. The molecule has 2 aromatic rings. The van der Waals surface area contributed by atoms with Crippen LogP contribution in [0.15, 0.2) is 24.3 Å². The quantitative estimate of drug-likeness (QED) is 0.737. The molecule has 0 spiro atoms. The first-order valence-electron chi connectivity index (χ1n) is 6.73. The molecule has 0 aliphatic carbocycles. The van der Waals surface area contributed by atoms with Gasteiger partial charge in [0.25, 0.3) is 0 Å². The third kappa shape index (κ3) is 1.52. The second-order valence-corrected chi connectivity index (χ2v) is 6.17. The van der Waals surface area contributed by atoms with E-state index in [1.807, 2.05) is 0 Å². The van der Waals surface area contributed by atoms with E-state index < -0.39 is 0 Å². The Morgan fingerprint density at radius 2 is 1.94 bits per heavy atom. The minimum Gasteiger partial charge on any atom is -0.373 e. The highest BCUT2D eigenvalue weighted by atomic mass is 16.5. The summed E-state index contributed by atoms with van der Waals surface area (Å²) in [6.07, 6.45) is 0. The van der Waals surface area contributed by atoms with Crippen molar-refractivity contribution in [2.75, 3.05) is 6.61 Å². The third-order valence-corrected chi connectivity index (χ3v) is 3.89. The lowest BCUT2D eigenvalue weighted by molar-refractivity contribution is 0.0228. The molecule has 1 aromatic carbocycles. The molecular formula is C16H21NO. The number of aromatic nitrogens is 1. The average Bonchev–Trinajstić information content (AvgIpc) is 2.63. The highest BCUT2D eigenvalue weighted by Gasteiger charge is 2.32. The van der Waals surface area contributed by atoms with E-state index in [9.17, 15) is 0 Å². The van der Waals surface area contributed by atoms with E-state index in [0.717, 1.165) is 13.2 Å². The fourth-order valence-electron chi connectivity index (χ4n) is 3.26. The molecule has 0 radical (unpaired) electrons. The van der Waals surface area contributed by atoms with Gasteiger partial charge in [-0.25, -0.2) is 0 Å². The highest BCUT2D eigenvalue weighted by Crippen LogP contribution is 2.38. The maximum Gasteiger partial charge on any atom is 0.0872 e. The van der Waals surface area contributed by atoms with Gasteiger partial charge in [0.05, 0.1) is 18.8 Å². The average molecular weight is 243 g/mol. The Morgan fingerprint density at radius 1 is 1.22 bits per heavy atom. The zero-order valence-electron chi connectivity index (χ0n) is 11.7. The van der Waals surface area contributed by atoms with E-state index in [-0.39, 0.29) is 5.54 Å². The Kier molecular flexibility index (Phi) is 2.53. The fourth-order valence-corrected chi connectivity index (χ4v) is 3.26. The Balaban J connectivity index is 2.42. The summed E-state index contributed by atoms with van der Waals surface area (Å²) in [5.41, 5.74) is 4.21. The molecule has 0 unspecified atom stereocenters. The molecule has 2 nitrogen and oxygen atoms in total. The molecule has 18 heavy (non-hydrogen) atoms. The van der Waals surface area contributed by atoms with Crippen molar-refractivity contribution < 1.29 is 4.74 Å². The molecule has 0 bridgehead atoms. The van der Waals surface area contributed by atoms with Crippen molar-refractivity contribution in [2.45, 2.75) is 45.8 Å². The number of hydrogen-bond donors (Lipinski definition) is 0. The first-order chi connectivity index (χ1) is 8.52. The number of para-hydroxylation sites is 1. The van der Waals surface area contributed by atoms with E-state index in [1.54, 1.807) is 0 Å². The van der Waals surface area contributed by atoms with E-state index in [4.69, 9.17) is 4.74 Å². The SMILES string of the molecule is CC(C)c1c2n(c3ccccc13)C(C)(C)COC2. The van der Waals surface area contributed by atoms with Crippen LogP contribution >= 0.6 is 0 Å². The minimum absolute atomic E-state index is 0.0420. The van der Waals surface area contributed by atoms with Crippen molar-refractivity contribution in [3.05, 3.63) is 35.5 Å². The minimum atomic E-state index is 0.0420. The van der Waals surface area contributed by atoms with Crippen LogP contribution in [0, 0.1) is 0 Å². The molecule has 0 amide bonds. The summed E-state index contributed by atoms with van der Waals surface area (Å²) in [6, 6.07) is 8.74. The molecule has 3 rings (SSSR count). The van der Waals surface area contributed by atoms with Crippen LogP contribution in [-0.4, -0.2) is 11.2 Å². The highest BCUT2D eigenvalue weighted by molar-refractivity contribution is 5.86. The van der Waals surface area contributed by atoms with Crippen molar-refractivity contribution in [3.8, 4) is 0 Å². The molecule has 1 aromatic heterocycles. The smallest absolute Gasteiger partial charge is 0.0872 e. The zero-order chi connectivity index (χ0) is 12.9. The van der Waals surface area contributed by atoms with E-state index in [2.05, 4.69) is 56.5 Å². The van der Waals surface area contributed by atoms with Gasteiger partial charge in [0.2, 0.25) is 0 Å². The predicted molar refractivity (Wildman–Crippen MR) is 75.0 cm³/mol. The number of benzene rings is 1. The van der Waals surface area contributed by atoms with E-state index in [1.165, 1.54) is 22.2 Å². The van der Waals surface area contributed by atoms with E-state index in [0.29, 0.717) is 5.92 Å². The van der Waals surface area contributed by atoms with Gasteiger partial charge in [-0.1, -0.05) is 32.0 Å². The van der Waals surface area contributed by atoms with Crippen molar-refractivity contribution in [3.63, 3.8) is 0 Å². The largest absolute Gasteiger partial charge is 0.373 e. The molecule has 96 valence electrons. The second kappa shape index (κ2) is 3.86. The summed E-state index contributed by atoms with van der Waals surface area (Å²) in [6.45, 7) is 10.6. The molecular weight excluding hydrogens is 222 g/mol. The Morgan fingerprint density at radius 3 is 2.67 bits per heavy atom. The van der Waals surface area contributed by atoms with Crippen LogP contribution in [0.2, 0.25) is 0 Å². The molecule has 0 fully saturated rings. The van der Waals surface area contributed by atoms with Crippen LogP contribution < -0.4 is 0 Å². The van der Waals surface area contributed by atoms with Gasteiger partial charge in [0.15, 0.2) is 0 Å². The Bertz CT molecular complexity index is 592. The Hall–Kier alpha value is -1.28. The first kappa shape index (κ1) is 11.8. The van der Waals surface area contributed by atoms with Gasteiger partial charge in [-0.3, -0.25) is 0 Å². The van der Waals surface area contributed by atoms with Gasteiger partial charge >= 0.3 is 0 Å². The molecule has 0 N–H and O–H groups in total. The summed E-state index contributed by atoms with van der Waals surface area (Å²) in [7, 11) is 0. The molecule has 0 saturated heterocycles. The molecule has 2 heterocycles. The van der Waals surface area contributed by atoms with Crippen molar-refractivity contribution in [1.29, 1.82) is 0 Å². The lowest BCUT2D eigenvalue weighted by Gasteiger charge is -2.34. The Labute approximate surface area is 109 Å². The maximum atomic E-state index is 5.81. The van der Waals surface area contributed by atoms with Crippen LogP contribution in [-0.2, 0) is 16.9 Å². The van der Waals surface area contributed by atoms with E-state index >= 15 is 0 Å². The number of ether oxygens (including phenoxy) is 1. The van der Waals surface area contributed by atoms with Crippen molar-refractivity contribution >= 4 is 10.9 Å². The van der Waals surface area contributed by atoms with Crippen molar-refractivity contribution in [1.82, 2.24) is 4.57 Å².